The van der Waals surface area contributed by atoms with E-state index in [9.17, 15) is 0 Å². The van der Waals surface area contributed by atoms with E-state index in [-0.39, 0.29) is 0 Å². The first kappa shape index (κ1) is 17.4. The summed E-state index contributed by atoms with van der Waals surface area (Å²) in [5, 5.41) is 4.19. The van der Waals surface area contributed by atoms with Crippen LogP contribution in [0.15, 0.2) is 4.52 Å². The highest BCUT2D eigenvalue weighted by Gasteiger charge is 2.34. The summed E-state index contributed by atoms with van der Waals surface area (Å²) in [7, 11) is 0. The van der Waals surface area contributed by atoms with Gasteiger partial charge in [0.05, 0.1) is 6.54 Å². The minimum absolute atomic E-state index is 0.386. The Kier molecular flexibility index (Phi) is 5.36. The zero-order valence-corrected chi connectivity index (χ0v) is 15.6. The maximum Gasteiger partial charge on any atom is 0.229 e. The molecule has 4 rings (SSSR count). The molecule has 3 fully saturated rings. The Labute approximate surface area is 150 Å². The maximum atomic E-state index is 5.49. The largest absolute Gasteiger partial charge is 0.381 e. The summed E-state index contributed by atoms with van der Waals surface area (Å²) in [5.41, 5.74) is 0. The molecule has 1 aromatic rings. The van der Waals surface area contributed by atoms with E-state index in [4.69, 9.17) is 9.26 Å². The lowest BCUT2D eigenvalue weighted by atomic mass is 10.0. The van der Waals surface area contributed by atoms with Gasteiger partial charge in [0.25, 0.3) is 0 Å². The maximum absolute atomic E-state index is 5.49. The number of nitrogens with zero attached hydrogens (tertiary/aromatic N) is 5. The molecule has 3 aliphatic rings. The molecular formula is C18H31N5O2. The van der Waals surface area contributed by atoms with Gasteiger partial charge in [0.1, 0.15) is 0 Å². The number of ether oxygens (including phenoxy) is 1. The lowest BCUT2D eigenvalue weighted by molar-refractivity contribution is -0.00537. The third-order valence-corrected chi connectivity index (χ3v) is 5.95. The van der Waals surface area contributed by atoms with Crippen molar-refractivity contribution in [2.75, 3.05) is 52.5 Å². The summed E-state index contributed by atoms with van der Waals surface area (Å²) >= 11 is 0. The quantitative estimate of drug-likeness (QED) is 0.791. The monoisotopic (exact) mass is 349 g/mol. The molecule has 7 heteroatoms. The first-order chi connectivity index (χ1) is 12.2. The van der Waals surface area contributed by atoms with Gasteiger partial charge in [0.15, 0.2) is 5.82 Å². The van der Waals surface area contributed by atoms with E-state index in [2.05, 4.69) is 38.7 Å². The fourth-order valence-corrected chi connectivity index (χ4v) is 4.16. The van der Waals surface area contributed by atoms with Gasteiger partial charge in [0, 0.05) is 70.5 Å². The first-order valence-electron chi connectivity index (χ1n) is 9.79. The van der Waals surface area contributed by atoms with Crippen molar-refractivity contribution in [3.8, 4) is 0 Å². The highest BCUT2D eigenvalue weighted by Crippen LogP contribution is 2.26. The van der Waals surface area contributed by atoms with E-state index < -0.39 is 0 Å². The predicted molar refractivity (Wildman–Crippen MR) is 94.4 cm³/mol. The topological polar surface area (TPSA) is 57.9 Å². The van der Waals surface area contributed by atoms with Gasteiger partial charge in [-0.05, 0) is 26.7 Å². The van der Waals surface area contributed by atoms with E-state index in [0.717, 1.165) is 57.4 Å². The number of hydrogen-bond acceptors (Lipinski definition) is 7. The Bertz CT molecular complexity index is 543. The van der Waals surface area contributed by atoms with Gasteiger partial charge in [-0.25, -0.2) is 0 Å². The Morgan fingerprint density at radius 3 is 2.48 bits per heavy atom. The molecule has 1 aromatic heterocycles. The zero-order chi connectivity index (χ0) is 17.2. The van der Waals surface area contributed by atoms with Gasteiger partial charge in [-0.2, -0.15) is 4.98 Å². The molecule has 0 atom stereocenters. The van der Waals surface area contributed by atoms with Crippen LogP contribution in [0.4, 0.5) is 0 Å². The summed E-state index contributed by atoms with van der Waals surface area (Å²) in [5.74, 6) is 2.03. The summed E-state index contributed by atoms with van der Waals surface area (Å²) in [6.07, 6.45) is 1.99. The minimum Gasteiger partial charge on any atom is -0.381 e. The fraction of sp³-hybridized carbons (Fsp3) is 0.889. The molecule has 0 aliphatic carbocycles. The van der Waals surface area contributed by atoms with Gasteiger partial charge in [-0.1, -0.05) is 5.16 Å². The predicted octanol–water partition coefficient (Wildman–Crippen LogP) is 1.17. The average molecular weight is 349 g/mol. The average Bonchev–Trinajstić information content (AvgIpc) is 3.07. The normalized spacial score (nSPS) is 25.6. The van der Waals surface area contributed by atoms with Gasteiger partial charge in [-0.3, -0.25) is 14.7 Å². The SMILES string of the molecule is CC(C)N1CCN(C2CN(Cc3noc(C4CCOCC4)n3)C2)CC1. The number of aromatic nitrogens is 2. The minimum atomic E-state index is 0.386. The van der Waals surface area contributed by atoms with E-state index in [1.807, 2.05) is 0 Å². The first-order valence-corrected chi connectivity index (χ1v) is 9.79. The summed E-state index contributed by atoms with van der Waals surface area (Å²) < 4.78 is 10.9. The number of hydrogen-bond donors (Lipinski definition) is 0. The second-order valence-corrected chi connectivity index (χ2v) is 7.95. The van der Waals surface area contributed by atoms with Crippen molar-refractivity contribution in [2.24, 2.45) is 0 Å². The Morgan fingerprint density at radius 1 is 1.08 bits per heavy atom. The van der Waals surface area contributed by atoms with Crippen molar-refractivity contribution < 1.29 is 9.26 Å². The molecule has 0 radical (unpaired) electrons. The molecule has 25 heavy (non-hydrogen) atoms. The van der Waals surface area contributed by atoms with Crippen molar-refractivity contribution in [1.29, 1.82) is 0 Å². The van der Waals surface area contributed by atoms with Crippen LogP contribution in [0, 0.1) is 0 Å². The van der Waals surface area contributed by atoms with E-state index in [0.29, 0.717) is 18.0 Å². The van der Waals surface area contributed by atoms with Crippen LogP contribution >= 0.6 is 0 Å². The molecule has 0 spiro atoms. The third-order valence-electron chi connectivity index (χ3n) is 5.95. The molecule has 0 amide bonds. The number of likely N-dealkylation sites (tertiary alicyclic amines) is 1. The van der Waals surface area contributed by atoms with Crippen LogP contribution in [0.2, 0.25) is 0 Å². The van der Waals surface area contributed by atoms with E-state index in [1.54, 1.807) is 0 Å². The van der Waals surface area contributed by atoms with Crippen LogP contribution in [0.25, 0.3) is 0 Å². The van der Waals surface area contributed by atoms with E-state index in [1.165, 1.54) is 26.2 Å². The molecule has 7 nitrogen and oxygen atoms in total. The van der Waals surface area contributed by atoms with Gasteiger partial charge in [0.2, 0.25) is 5.89 Å². The van der Waals surface area contributed by atoms with Crippen LogP contribution in [0.1, 0.15) is 44.3 Å². The molecule has 0 bridgehead atoms. The molecule has 0 N–H and O–H groups in total. The Morgan fingerprint density at radius 2 is 1.80 bits per heavy atom. The molecule has 3 saturated heterocycles. The van der Waals surface area contributed by atoms with Crippen molar-refractivity contribution >= 4 is 0 Å². The smallest absolute Gasteiger partial charge is 0.229 e. The summed E-state index contributed by atoms with van der Waals surface area (Å²) in [4.78, 5) is 12.3. The van der Waals surface area contributed by atoms with Crippen LogP contribution in [-0.4, -0.2) is 89.4 Å². The lowest BCUT2D eigenvalue weighted by Gasteiger charge is -2.48. The third kappa shape index (κ3) is 4.05. The molecule has 0 aromatic carbocycles. The van der Waals surface area contributed by atoms with Gasteiger partial charge >= 0.3 is 0 Å². The summed E-state index contributed by atoms with van der Waals surface area (Å²) in [6, 6.07) is 1.37. The Hall–Kier alpha value is -1.02. The van der Waals surface area contributed by atoms with Crippen molar-refractivity contribution in [3.63, 3.8) is 0 Å². The molecule has 0 saturated carbocycles. The number of rotatable bonds is 5. The molecular weight excluding hydrogens is 318 g/mol. The summed E-state index contributed by atoms with van der Waals surface area (Å²) in [6.45, 7) is 14.1. The molecule has 140 valence electrons. The molecule has 3 aliphatic heterocycles. The van der Waals surface area contributed by atoms with Crippen molar-refractivity contribution in [2.45, 2.75) is 51.2 Å². The molecule has 4 heterocycles. The van der Waals surface area contributed by atoms with Crippen LogP contribution in [0.5, 0.6) is 0 Å². The second kappa shape index (κ2) is 7.70. The van der Waals surface area contributed by atoms with Crippen molar-refractivity contribution in [3.05, 3.63) is 11.7 Å². The Balaban J connectivity index is 1.21. The zero-order valence-electron chi connectivity index (χ0n) is 15.6. The van der Waals surface area contributed by atoms with E-state index >= 15 is 0 Å². The highest BCUT2D eigenvalue weighted by molar-refractivity contribution is 4.98. The second-order valence-electron chi connectivity index (χ2n) is 7.95. The molecule has 0 unspecified atom stereocenters. The van der Waals surface area contributed by atoms with Crippen LogP contribution in [-0.2, 0) is 11.3 Å². The standard InChI is InChI=1S/C18H31N5O2/c1-14(2)22-5-7-23(8-6-22)16-11-21(12-16)13-17-19-18(25-20-17)15-3-9-24-10-4-15/h14-16H,3-13H2,1-2H3. The lowest BCUT2D eigenvalue weighted by Crippen LogP contribution is -2.63. The number of piperazine rings is 1. The highest BCUT2D eigenvalue weighted by atomic mass is 16.5. The fourth-order valence-electron chi connectivity index (χ4n) is 4.16. The van der Waals surface area contributed by atoms with Gasteiger partial charge in [-0.15, -0.1) is 0 Å². The van der Waals surface area contributed by atoms with Crippen LogP contribution < -0.4 is 0 Å². The van der Waals surface area contributed by atoms with Crippen LogP contribution in [0.3, 0.4) is 0 Å². The van der Waals surface area contributed by atoms with Crippen molar-refractivity contribution in [1.82, 2.24) is 24.8 Å². The van der Waals surface area contributed by atoms with Gasteiger partial charge < -0.3 is 9.26 Å².